The van der Waals surface area contributed by atoms with Crippen LogP contribution in [0.4, 0.5) is 4.79 Å². The van der Waals surface area contributed by atoms with E-state index in [1.165, 1.54) is 0 Å². The molecule has 150 valence electrons. The number of aliphatic hydroxyl groups excluding tert-OH is 1. The number of hydrogen-bond acceptors (Lipinski definition) is 4. The summed E-state index contributed by atoms with van der Waals surface area (Å²) in [5.74, 6) is -0.949. The number of ether oxygens (including phenoxy) is 1. The van der Waals surface area contributed by atoms with Crippen molar-refractivity contribution >= 4 is 12.1 Å². The Bertz CT molecular complexity index is 655. The molecule has 0 fully saturated rings. The van der Waals surface area contributed by atoms with E-state index < -0.39 is 29.8 Å². The van der Waals surface area contributed by atoms with Crippen LogP contribution in [0.15, 0.2) is 30.4 Å². The molecule has 1 rings (SSSR count). The fraction of sp³-hybridized carbons (Fsp3) is 0.524. The van der Waals surface area contributed by atoms with Crippen molar-refractivity contribution in [3.8, 4) is 0 Å². The Hall–Kier alpha value is -2.34. The average molecular weight is 377 g/mol. The van der Waals surface area contributed by atoms with Crippen LogP contribution >= 0.6 is 0 Å². The van der Waals surface area contributed by atoms with E-state index in [1.54, 1.807) is 32.9 Å². The molecule has 0 spiro atoms. The van der Waals surface area contributed by atoms with Gasteiger partial charge in [-0.3, -0.25) is 4.79 Å². The van der Waals surface area contributed by atoms with Gasteiger partial charge in [0.2, 0.25) is 0 Å². The van der Waals surface area contributed by atoms with Crippen molar-refractivity contribution in [3.05, 3.63) is 47.0 Å². The first-order valence-corrected chi connectivity index (χ1v) is 9.09. The predicted molar refractivity (Wildman–Crippen MR) is 105 cm³/mol. The number of aryl methyl sites for hydroxylation is 2. The van der Waals surface area contributed by atoms with Gasteiger partial charge in [0.15, 0.2) is 0 Å². The molecule has 0 aliphatic carbocycles. The third-order valence-electron chi connectivity index (χ3n) is 3.66. The summed E-state index contributed by atoms with van der Waals surface area (Å²) in [6.45, 7) is 9.27. The third kappa shape index (κ3) is 10.4. The number of hydrogen-bond donors (Lipinski definition) is 3. The van der Waals surface area contributed by atoms with Gasteiger partial charge in [0, 0.05) is 12.8 Å². The Morgan fingerprint density at radius 1 is 1.15 bits per heavy atom. The van der Waals surface area contributed by atoms with Crippen LogP contribution in [0.5, 0.6) is 0 Å². The Kier molecular flexibility index (Phi) is 8.50. The van der Waals surface area contributed by atoms with Crippen LogP contribution in [0.2, 0.25) is 0 Å². The fourth-order valence-corrected chi connectivity index (χ4v) is 2.71. The monoisotopic (exact) mass is 377 g/mol. The van der Waals surface area contributed by atoms with Crippen molar-refractivity contribution in [3.63, 3.8) is 0 Å². The first kappa shape index (κ1) is 22.7. The molecule has 0 saturated carbocycles. The Labute approximate surface area is 161 Å². The number of amides is 1. The number of benzene rings is 1. The molecule has 0 aliphatic heterocycles. The van der Waals surface area contributed by atoms with Crippen LogP contribution in [-0.2, 0) is 16.0 Å². The third-order valence-corrected chi connectivity index (χ3v) is 3.66. The normalized spacial score (nSPS) is 14.0. The van der Waals surface area contributed by atoms with E-state index in [-0.39, 0.29) is 12.8 Å². The lowest BCUT2D eigenvalue weighted by Gasteiger charge is -2.22. The van der Waals surface area contributed by atoms with Gasteiger partial charge in [-0.05, 0) is 46.6 Å². The average Bonchev–Trinajstić information content (AvgIpc) is 2.46. The minimum Gasteiger partial charge on any atom is -0.481 e. The van der Waals surface area contributed by atoms with E-state index in [0.717, 1.165) is 16.7 Å². The van der Waals surface area contributed by atoms with E-state index in [0.29, 0.717) is 6.42 Å². The smallest absolute Gasteiger partial charge is 0.408 e. The summed E-state index contributed by atoms with van der Waals surface area (Å²) >= 11 is 0. The number of carbonyl (C=O) groups is 2. The summed E-state index contributed by atoms with van der Waals surface area (Å²) in [6, 6.07) is 5.57. The lowest BCUT2D eigenvalue weighted by Crippen LogP contribution is -2.38. The summed E-state index contributed by atoms with van der Waals surface area (Å²) < 4.78 is 5.21. The lowest BCUT2D eigenvalue weighted by atomic mass is 10.0. The molecule has 0 radical (unpaired) electrons. The number of carboxylic acids is 1. The van der Waals surface area contributed by atoms with Gasteiger partial charge < -0.3 is 20.3 Å². The second kappa shape index (κ2) is 10.1. The maximum absolute atomic E-state index is 11.9. The van der Waals surface area contributed by atoms with Gasteiger partial charge >= 0.3 is 12.1 Å². The standard InChI is InChI=1S/C21H31NO5/c1-14-10-15(2)12-16(11-14)13-18(23)8-6-17(7-9-19(24)25)22-20(26)27-21(3,4)5/h6,8,10-12,17-18,23H,7,9,13H2,1-5H3,(H,22,26)(H,24,25)/b8-6+/t17-,18+/m0/s1. The van der Waals surface area contributed by atoms with Crippen molar-refractivity contribution in [2.24, 2.45) is 0 Å². The Morgan fingerprint density at radius 3 is 2.26 bits per heavy atom. The zero-order valence-electron chi connectivity index (χ0n) is 16.8. The second-order valence-electron chi connectivity index (χ2n) is 7.84. The van der Waals surface area contributed by atoms with Crippen LogP contribution in [0.1, 0.15) is 50.3 Å². The molecule has 6 heteroatoms. The van der Waals surface area contributed by atoms with Gasteiger partial charge in [0.1, 0.15) is 5.60 Å². The molecule has 1 aromatic carbocycles. The molecule has 6 nitrogen and oxygen atoms in total. The summed E-state index contributed by atoms with van der Waals surface area (Å²) in [5, 5.41) is 21.8. The first-order chi connectivity index (χ1) is 12.4. The first-order valence-electron chi connectivity index (χ1n) is 9.09. The number of carboxylic acid groups (broad SMARTS) is 1. The number of nitrogens with one attached hydrogen (secondary N) is 1. The molecule has 2 atom stereocenters. The van der Waals surface area contributed by atoms with Crippen LogP contribution < -0.4 is 5.32 Å². The quantitative estimate of drug-likeness (QED) is 0.603. The van der Waals surface area contributed by atoms with Gasteiger partial charge in [0.25, 0.3) is 0 Å². The van der Waals surface area contributed by atoms with E-state index in [1.807, 2.05) is 26.0 Å². The second-order valence-corrected chi connectivity index (χ2v) is 7.84. The highest BCUT2D eigenvalue weighted by atomic mass is 16.6. The molecule has 0 saturated heterocycles. The van der Waals surface area contributed by atoms with Crippen LogP contribution in [0.25, 0.3) is 0 Å². The van der Waals surface area contributed by atoms with E-state index in [9.17, 15) is 14.7 Å². The van der Waals surface area contributed by atoms with Crippen molar-refractivity contribution in [1.82, 2.24) is 5.32 Å². The van der Waals surface area contributed by atoms with Crippen LogP contribution in [-0.4, -0.2) is 40.0 Å². The maximum Gasteiger partial charge on any atom is 0.408 e. The molecule has 1 amide bonds. The van der Waals surface area contributed by atoms with Crippen molar-refractivity contribution in [1.29, 1.82) is 0 Å². The van der Waals surface area contributed by atoms with E-state index >= 15 is 0 Å². The van der Waals surface area contributed by atoms with Gasteiger partial charge in [0.05, 0.1) is 12.1 Å². The Morgan fingerprint density at radius 2 is 1.74 bits per heavy atom. The van der Waals surface area contributed by atoms with Crippen LogP contribution in [0, 0.1) is 13.8 Å². The van der Waals surface area contributed by atoms with Crippen molar-refractivity contribution < 1.29 is 24.5 Å². The molecular weight excluding hydrogens is 346 g/mol. The fourth-order valence-electron chi connectivity index (χ4n) is 2.71. The highest BCUT2D eigenvalue weighted by molar-refractivity contribution is 5.69. The number of carbonyl (C=O) groups excluding carboxylic acids is 1. The number of aliphatic carboxylic acids is 1. The van der Waals surface area contributed by atoms with E-state index in [2.05, 4.69) is 11.4 Å². The van der Waals surface area contributed by atoms with Gasteiger partial charge in [-0.2, -0.15) is 0 Å². The topological polar surface area (TPSA) is 95.9 Å². The number of rotatable bonds is 8. The highest BCUT2D eigenvalue weighted by Crippen LogP contribution is 2.12. The largest absolute Gasteiger partial charge is 0.481 e. The number of aliphatic hydroxyl groups is 1. The highest BCUT2D eigenvalue weighted by Gasteiger charge is 2.19. The van der Waals surface area contributed by atoms with Crippen molar-refractivity contribution in [2.45, 2.75) is 71.6 Å². The molecule has 0 bridgehead atoms. The molecule has 0 aromatic heterocycles. The van der Waals surface area contributed by atoms with Crippen LogP contribution in [0.3, 0.4) is 0 Å². The molecular formula is C21H31NO5. The molecule has 0 unspecified atom stereocenters. The zero-order valence-corrected chi connectivity index (χ0v) is 16.8. The molecule has 0 aliphatic rings. The molecule has 0 heterocycles. The maximum atomic E-state index is 11.9. The zero-order chi connectivity index (χ0) is 20.6. The summed E-state index contributed by atoms with van der Waals surface area (Å²) in [4.78, 5) is 22.8. The summed E-state index contributed by atoms with van der Waals surface area (Å²) in [6.07, 6.45) is 2.41. The SMILES string of the molecule is Cc1cc(C)cc(C[C@H](O)/C=C/[C@@H](CCC(=O)O)NC(=O)OC(C)(C)C)c1. The van der Waals surface area contributed by atoms with Gasteiger partial charge in [-0.1, -0.05) is 41.5 Å². The predicted octanol–water partition coefficient (Wildman–Crippen LogP) is 3.52. The summed E-state index contributed by atoms with van der Waals surface area (Å²) in [5.41, 5.74) is 2.64. The summed E-state index contributed by atoms with van der Waals surface area (Å²) in [7, 11) is 0. The molecule has 3 N–H and O–H groups in total. The molecule has 1 aromatic rings. The Balaban J connectivity index is 2.73. The number of alkyl carbamates (subject to hydrolysis) is 1. The lowest BCUT2D eigenvalue weighted by molar-refractivity contribution is -0.137. The van der Waals surface area contributed by atoms with Crippen molar-refractivity contribution in [2.75, 3.05) is 0 Å². The minimum atomic E-state index is -0.949. The van der Waals surface area contributed by atoms with E-state index in [4.69, 9.17) is 9.84 Å². The molecule has 27 heavy (non-hydrogen) atoms. The minimum absolute atomic E-state index is 0.0992. The van der Waals surface area contributed by atoms with Gasteiger partial charge in [-0.15, -0.1) is 0 Å². The van der Waals surface area contributed by atoms with Gasteiger partial charge in [-0.25, -0.2) is 4.79 Å².